The lowest BCUT2D eigenvalue weighted by atomic mass is 9.84. The lowest BCUT2D eigenvalue weighted by molar-refractivity contribution is 0.525. The molecule has 3 rings (SSSR count). The normalized spacial score (nSPS) is 20.2. The van der Waals surface area contributed by atoms with E-state index >= 15 is 0 Å². The van der Waals surface area contributed by atoms with Gasteiger partial charge in [0.25, 0.3) is 0 Å². The molecular formula is C21H27ClN2Si. The summed E-state index contributed by atoms with van der Waals surface area (Å²) in [4.78, 5) is 7.23. The van der Waals surface area contributed by atoms with Crippen LogP contribution in [0.15, 0.2) is 55.1 Å². The van der Waals surface area contributed by atoms with E-state index in [-0.39, 0.29) is 0 Å². The van der Waals surface area contributed by atoms with Gasteiger partial charge in [0.1, 0.15) is 5.15 Å². The number of rotatable bonds is 5. The van der Waals surface area contributed by atoms with Gasteiger partial charge in [-0.05, 0) is 30.2 Å². The molecule has 2 aromatic rings. The maximum Gasteiger partial charge on any atom is 0.129 e. The van der Waals surface area contributed by atoms with Gasteiger partial charge in [0, 0.05) is 26.6 Å². The van der Waals surface area contributed by atoms with Crippen LogP contribution in [0.5, 0.6) is 0 Å². The minimum absolute atomic E-state index is 0.303. The topological polar surface area (TPSA) is 16.1 Å². The van der Waals surface area contributed by atoms with Gasteiger partial charge in [-0.3, -0.25) is 0 Å². The van der Waals surface area contributed by atoms with Crippen LogP contribution in [0.25, 0.3) is 0 Å². The molecule has 0 unspecified atom stereocenters. The standard InChI is InChI=1S/C21H27ClN2Si/c1-5-13-24-17(15-25(2,3)4)14-18(16-9-7-6-8-10-16)21-19(24)11-12-20(22)23-21/h5-12,17-18H,1,13-15H2,2-4H3/t17-,18+/m0/s1. The first-order valence-corrected chi connectivity index (χ1v) is 13.1. The number of hydrogen-bond acceptors (Lipinski definition) is 2. The Morgan fingerprint density at radius 2 is 1.92 bits per heavy atom. The van der Waals surface area contributed by atoms with Crippen LogP contribution in [0.2, 0.25) is 30.8 Å². The van der Waals surface area contributed by atoms with Crippen molar-refractivity contribution in [2.45, 2.75) is 44.1 Å². The Bertz CT molecular complexity index is 739. The number of aromatic nitrogens is 1. The molecule has 4 heteroatoms. The Labute approximate surface area is 157 Å². The van der Waals surface area contributed by atoms with E-state index < -0.39 is 8.07 Å². The molecule has 2 atom stereocenters. The highest BCUT2D eigenvalue weighted by Gasteiger charge is 2.36. The van der Waals surface area contributed by atoms with Gasteiger partial charge in [-0.15, -0.1) is 6.58 Å². The van der Waals surface area contributed by atoms with Gasteiger partial charge in [0.2, 0.25) is 0 Å². The van der Waals surface area contributed by atoms with Gasteiger partial charge in [-0.1, -0.05) is 67.6 Å². The van der Waals surface area contributed by atoms with Crippen molar-refractivity contribution in [2.75, 3.05) is 11.4 Å². The van der Waals surface area contributed by atoms with Crippen LogP contribution in [0.1, 0.15) is 23.6 Å². The molecular weight excluding hydrogens is 344 g/mol. The van der Waals surface area contributed by atoms with Crippen LogP contribution >= 0.6 is 11.6 Å². The summed E-state index contributed by atoms with van der Waals surface area (Å²) in [6.07, 6.45) is 3.08. The molecule has 0 N–H and O–H groups in total. The molecule has 2 heterocycles. The SMILES string of the molecule is C=CCN1c2ccc(Cl)nc2[C@@H](c2ccccc2)C[C@H]1C[Si](C)(C)C. The Kier molecular flexibility index (Phi) is 5.35. The average molecular weight is 371 g/mol. The van der Waals surface area contributed by atoms with Crippen molar-refractivity contribution in [1.29, 1.82) is 0 Å². The summed E-state index contributed by atoms with van der Waals surface area (Å²) in [7, 11) is -1.20. The first-order valence-electron chi connectivity index (χ1n) is 8.98. The molecule has 1 aromatic carbocycles. The van der Waals surface area contributed by atoms with E-state index in [1.165, 1.54) is 17.3 Å². The van der Waals surface area contributed by atoms with Crippen LogP contribution in [0.3, 0.4) is 0 Å². The highest BCUT2D eigenvalue weighted by Crippen LogP contribution is 2.43. The van der Waals surface area contributed by atoms with Crippen molar-refractivity contribution >= 4 is 25.4 Å². The van der Waals surface area contributed by atoms with E-state index in [0.29, 0.717) is 17.1 Å². The third-order valence-corrected chi connectivity index (χ3v) is 6.74. The molecule has 0 saturated heterocycles. The lowest BCUT2D eigenvalue weighted by Crippen LogP contribution is -2.45. The van der Waals surface area contributed by atoms with E-state index in [2.05, 4.69) is 67.5 Å². The molecule has 0 bridgehead atoms. The molecule has 0 spiro atoms. The van der Waals surface area contributed by atoms with Crippen LogP contribution in [-0.2, 0) is 0 Å². The van der Waals surface area contributed by atoms with Crippen molar-refractivity contribution in [3.63, 3.8) is 0 Å². The van der Waals surface area contributed by atoms with Crippen LogP contribution < -0.4 is 4.90 Å². The minimum atomic E-state index is -1.20. The van der Waals surface area contributed by atoms with Gasteiger partial charge >= 0.3 is 0 Å². The summed E-state index contributed by atoms with van der Waals surface area (Å²) in [5.74, 6) is 0.303. The van der Waals surface area contributed by atoms with Gasteiger partial charge in [0.05, 0.1) is 11.4 Å². The third kappa shape index (κ3) is 4.16. The molecule has 0 amide bonds. The monoisotopic (exact) mass is 370 g/mol. The zero-order valence-corrected chi connectivity index (χ0v) is 17.1. The van der Waals surface area contributed by atoms with E-state index in [9.17, 15) is 0 Å². The van der Waals surface area contributed by atoms with E-state index in [1.54, 1.807) is 0 Å². The number of nitrogens with zero attached hydrogens (tertiary/aromatic N) is 2. The van der Waals surface area contributed by atoms with Crippen molar-refractivity contribution in [2.24, 2.45) is 0 Å². The molecule has 132 valence electrons. The van der Waals surface area contributed by atoms with Crippen molar-refractivity contribution < 1.29 is 0 Å². The lowest BCUT2D eigenvalue weighted by Gasteiger charge is -2.43. The number of anilines is 1. The average Bonchev–Trinajstić information content (AvgIpc) is 2.56. The summed E-state index contributed by atoms with van der Waals surface area (Å²) < 4.78 is 0. The largest absolute Gasteiger partial charge is 0.364 e. The summed E-state index contributed by atoms with van der Waals surface area (Å²) >= 11 is 6.25. The van der Waals surface area contributed by atoms with Crippen LogP contribution in [-0.4, -0.2) is 25.6 Å². The molecule has 1 aliphatic rings. The molecule has 1 aliphatic heterocycles. The van der Waals surface area contributed by atoms with E-state index in [0.717, 1.165) is 18.7 Å². The van der Waals surface area contributed by atoms with Crippen LogP contribution in [0.4, 0.5) is 5.69 Å². The second-order valence-electron chi connectivity index (χ2n) is 8.10. The Hall–Kier alpha value is -1.58. The first-order chi connectivity index (χ1) is 11.9. The molecule has 0 radical (unpaired) electrons. The smallest absolute Gasteiger partial charge is 0.129 e. The zero-order valence-electron chi connectivity index (χ0n) is 15.4. The number of pyridine rings is 1. The predicted molar refractivity (Wildman–Crippen MR) is 112 cm³/mol. The number of hydrogen-bond donors (Lipinski definition) is 0. The molecule has 0 saturated carbocycles. The van der Waals surface area contributed by atoms with E-state index in [1.807, 2.05) is 12.1 Å². The first kappa shape index (κ1) is 18.2. The third-order valence-electron chi connectivity index (χ3n) is 4.83. The summed E-state index contributed by atoms with van der Waals surface area (Å²) in [5, 5.41) is 0.571. The fourth-order valence-electron chi connectivity index (χ4n) is 3.92. The second-order valence-corrected chi connectivity index (χ2v) is 14.0. The quantitative estimate of drug-likeness (QED) is 0.366. The van der Waals surface area contributed by atoms with Gasteiger partial charge < -0.3 is 4.90 Å². The minimum Gasteiger partial charge on any atom is -0.364 e. The Morgan fingerprint density at radius 1 is 1.20 bits per heavy atom. The molecule has 25 heavy (non-hydrogen) atoms. The predicted octanol–water partition coefficient (Wildman–Crippen LogP) is 5.97. The summed E-state index contributed by atoms with van der Waals surface area (Å²) in [6.45, 7) is 12.2. The van der Waals surface area contributed by atoms with Crippen LogP contribution in [0, 0.1) is 0 Å². The maximum absolute atomic E-state index is 6.25. The summed E-state index contributed by atoms with van der Waals surface area (Å²) in [6, 6.07) is 16.6. The molecule has 1 aromatic heterocycles. The highest BCUT2D eigenvalue weighted by atomic mass is 35.5. The number of benzene rings is 1. The van der Waals surface area contributed by atoms with Crippen molar-refractivity contribution in [3.8, 4) is 0 Å². The highest BCUT2D eigenvalue weighted by molar-refractivity contribution is 6.76. The van der Waals surface area contributed by atoms with Crippen molar-refractivity contribution in [1.82, 2.24) is 4.98 Å². The van der Waals surface area contributed by atoms with Crippen molar-refractivity contribution in [3.05, 3.63) is 71.5 Å². The Morgan fingerprint density at radius 3 is 2.56 bits per heavy atom. The molecule has 0 fully saturated rings. The van der Waals surface area contributed by atoms with Gasteiger partial charge in [0.15, 0.2) is 0 Å². The number of halogens is 1. The number of fused-ring (bicyclic) bond motifs is 1. The fourth-order valence-corrected chi connectivity index (χ4v) is 5.87. The molecule has 2 nitrogen and oxygen atoms in total. The Balaban J connectivity index is 2.09. The zero-order chi connectivity index (χ0) is 18.0. The van der Waals surface area contributed by atoms with Gasteiger partial charge in [-0.25, -0.2) is 4.98 Å². The van der Waals surface area contributed by atoms with Gasteiger partial charge in [-0.2, -0.15) is 0 Å². The fraction of sp³-hybridized carbons (Fsp3) is 0.381. The van der Waals surface area contributed by atoms with E-state index in [4.69, 9.17) is 16.6 Å². The maximum atomic E-state index is 6.25. The second kappa shape index (κ2) is 7.34. The summed E-state index contributed by atoms with van der Waals surface area (Å²) in [5.41, 5.74) is 3.65. The molecule has 0 aliphatic carbocycles.